The van der Waals surface area contributed by atoms with E-state index in [-0.39, 0.29) is 11.8 Å². The smallest absolute Gasteiger partial charge is 0.242 e. The number of nitrogens with one attached hydrogen (secondary N) is 1. The van der Waals surface area contributed by atoms with E-state index in [1.807, 2.05) is 45.0 Å². The maximum absolute atomic E-state index is 13.2. The summed E-state index contributed by atoms with van der Waals surface area (Å²) >= 11 is 0. The van der Waals surface area contributed by atoms with Crippen LogP contribution in [0.2, 0.25) is 0 Å². The molecule has 0 aliphatic carbocycles. The summed E-state index contributed by atoms with van der Waals surface area (Å²) in [7, 11) is 0. The number of carbonyl (C=O) groups is 2. The average Bonchev–Trinajstić information content (AvgIpc) is 2.72. The van der Waals surface area contributed by atoms with Gasteiger partial charge in [0.05, 0.1) is 0 Å². The third-order valence-corrected chi connectivity index (χ3v) is 5.29. The third-order valence-electron chi connectivity index (χ3n) is 5.29. The molecule has 1 atom stereocenters. The lowest BCUT2D eigenvalue weighted by atomic mass is 10.0. The van der Waals surface area contributed by atoms with Crippen LogP contribution in [0.25, 0.3) is 0 Å². The quantitative estimate of drug-likeness (QED) is 0.642. The van der Waals surface area contributed by atoms with Crippen LogP contribution in [0.3, 0.4) is 0 Å². The summed E-state index contributed by atoms with van der Waals surface area (Å²) in [6, 6.07) is 15.9. The molecule has 0 saturated carbocycles. The Morgan fingerprint density at radius 3 is 2.31 bits per heavy atom. The van der Waals surface area contributed by atoms with Crippen LogP contribution < -0.4 is 5.32 Å². The van der Waals surface area contributed by atoms with Gasteiger partial charge in [-0.3, -0.25) is 9.59 Å². The molecule has 0 fully saturated rings. The fourth-order valence-electron chi connectivity index (χ4n) is 3.41. The molecule has 2 aromatic carbocycles. The van der Waals surface area contributed by atoms with E-state index >= 15 is 0 Å². The molecule has 2 rings (SSSR count). The molecule has 1 N–H and O–H groups in total. The SMILES string of the molecule is CCCNC(=O)C(CC)N(Cc1ccccc1C)C(=O)CCc1ccc(C)cc1. The largest absolute Gasteiger partial charge is 0.354 e. The van der Waals surface area contributed by atoms with Gasteiger partial charge in [0.15, 0.2) is 0 Å². The Bertz CT molecular complexity index is 799. The first-order valence-electron chi connectivity index (χ1n) is 10.6. The number of benzene rings is 2. The van der Waals surface area contributed by atoms with Crippen molar-refractivity contribution in [3.8, 4) is 0 Å². The average molecular weight is 395 g/mol. The summed E-state index contributed by atoms with van der Waals surface area (Å²) in [6.45, 7) is 9.18. The molecule has 1 unspecified atom stereocenters. The normalized spacial score (nSPS) is 11.7. The second-order valence-electron chi connectivity index (χ2n) is 7.65. The van der Waals surface area contributed by atoms with Gasteiger partial charge in [0.1, 0.15) is 6.04 Å². The highest BCUT2D eigenvalue weighted by molar-refractivity contribution is 5.87. The van der Waals surface area contributed by atoms with Crippen molar-refractivity contribution in [2.75, 3.05) is 6.54 Å². The predicted octanol–water partition coefficient (Wildman–Crippen LogP) is 4.57. The van der Waals surface area contributed by atoms with Gasteiger partial charge in [0.25, 0.3) is 0 Å². The predicted molar refractivity (Wildman–Crippen MR) is 119 cm³/mol. The van der Waals surface area contributed by atoms with Crippen molar-refractivity contribution in [2.45, 2.75) is 66.0 Å². The molecule has 2 amide bonds. The Labute approximate surface area is 175 Å². The summed E-state index contributed by atoms with van der Waals surface area (Å²) in [5.74, 6) is -0.0426. The summed E-state index contributed by atoms with van der Waals surface area (Å²) in [4.78, 5) is 27.7. The second kappa shape index (κ2) is 11.4. The molecular weight excluding hydrogens is 360 g/mol. The van der Waals surface area contributed by atoms with Crippen LogP contribution in [0.15, 0.2) is 48.5 Å². The van der Waals surface area contributed by atoms with Gasteiger partial charge in [0.2, 0.25) is 11.8 Å². The van der Waals surface area contributed by atoms with E-state index in [4.69, 9.17) is 0 Å². The van der Waals surface area contributed by atoms with Crippen LogP contribution in [0.5, 0.6) is 0 Å². The maximum Gasteiger partial charge on any atom is 0.242 e. The zero-order chi connectivity index (χ0) is 21.2. The van der Waals surface area contributed by atoms with Gasteiger partial charge < -0.3 is 10.2 Å². The van der Waals surface area contributed by atoms with Gasteiger partial charge in [-0.1, -0.05) is 67.9 Å². The van der Waals surface area contributed by atoms with Crippen LogP contribution >= 0.6 is 0 Å². The molecule has 0 aliphatic rings. The monoisotopic (exact) mass is 394 g/mol. The lowest BCUT2D eigenvalue weighted by molar-refractivity contribution is -0.141. The van der Waals surface area contributed by atoms with E-state index in [9.17, 15) is 9.59 Å². The molecule has 0 bridgehead atoms. The molecule has 2 aromatic rings. The molecule has 4 heteroatoms. The number of amides is 2. The molecule has 0 aromatic heterocycles. The minimum absolute atomic E-state index is 0.0207. The van der Waals surface area contributed by atoms with E-state index in [1.165, 1.54) is 5.56 Å². The summed E-state index contributed by atoms with van der Waals surface area (Å²) < 4.78 is 0. The van der Waals surface area contributed by atoms with E-state index in [0.717, 1.165) is 23.1 Å². The number of hydrogen-bond donors (Lipinski definition) is 1. The maximum atomic E-state index is 13.2. The van der Waals surface area contributed by atoms with Gasteiger partial charge in [-0.05, 0) is 49.8 Å². The van der Waals surface area contributed by atoms with Crippen LogP contribution in [0.4, 0.5) is 0 Å². The highest BCUT2D eigenvalue weighted by Crippen LogP contribution is 2.17. The number of rotatable bonds is 10. The van der Waals surface area contributed by atoms with E-state index in [1.54, 1.807) is 4.90 Å². The summed E-state index contributed by atoms with van der Waals surface area (Å²) in [6.07, 6.45) is 2.54. The first kappa shape index (κ1) is 22.7. The van der Waals surface area contributed by atoms with Crippen molar-refractivity contribution in [1.82, 2.24) is 10.2 Å². The molecule has 29 heavy (non-hydrogen) atoms. The Morgan fingerprint density at radius 1 is 1.00 bits per heavy atom. The van der Waals surface area contributed by atoms with Crippen molar-refractivity contribution in [3.05, 3.63) is 70.8 Å². The van der Waals surface area contributed by atoms with Gasteiger partial charge in [0, 0.05) is 19.5 Å². The second-order valence-corrected chi connectivity index (χ2v) is 7.65. The van der Waals surface area contributed by atoms with Crippen molar-refractivity contribution in [2.24, 2.45) is 0 Å². The van der Waals surface area contributed by atoms with Crippen LogP contribution in [0.1, 0.15) is 55.4 Å². The Hall–Kier alpha value is -2.62. The molecule has 0 radical (unpaired) electrons. The van der Waals surface area contributed by atoms with Crippen molar-refractivity contribution < 1.29 is 9.59 Å². The van der Waals surface area contributed by atoms with E-state index in [2.05, 4.69) is 36.5 Å². The molecule has 0 aliphatic heterocycles. The fourth-order valence-corrected chi connectivity index (χ4v) is 3.41. The van der Waals surface area contributed by atoms with Gasteiger partial charge in [-0.25, -0.2) is 0 Å². The highest BCUT2D eigenvalue weighted by atomic mass is 16.2. The van der Waals surface area contributed by atoms with Crippen LogP contribution in [0, 0.1) is 13.8 Å². The first-order valence-corrected chi connectivity index (χ1v) is 10.6. The number of carbonyl (C=O) groups excluding carboxylic acids is 2. The molecule has 0 heterocycles. The van der Waals surface area contributed by atoms with Crippen molar-refractivity contribution >= 4 is 11.8 Å². The fraction of sp³-hybridized carbons (Fsp3) is 0.440. The summed E-state index contributed by atoms with van der Waals surface area (Å²) in [5, 5.41) is 2.97. The molecule has 0 saturated heterocycles. The minimum atomic E-state index is -0.452. The summed E-state index contributed by atoms with van der Waals surface area (Å²) in [5.41, 5.74) is 4.56. The van der Waals surface area contributed by atoms with Crippen molar-refractivity contribution in [1.29, 1.82) is 0 Å². The Balaban J connectivity index is 2.19. The van der Waals surface area contributed by atoms with Crippen LogP contribution in [-0.2, 0) is 22.6 Å². The van der Waals surface area contributed by atoms with Gasteiger partial charge in [-0.2, -0.15) is 0 Å². The molecule has 4 nitrogen and oxygen atoms in total. The molecular formula is C25H34N2O2. The standard InChI is InChI=1S/C25H34N2O2/c1-5-17-26-25(29)23(6-2)27(18-22-10-8-7-9-20(22)4)24(28)16-15-21-13-11-19(3)12-14-21/h7-14,23H,5-6,15-18H2,1-4H3,(H,26,29). The Kier molecular flexibility index (Phi) is 8.91. The lowest BCUT2D eigenvalue weighted by Gasteiger charge is -2.31. The zero-order valence-corrected chi connectivity index (χ0v) is 18.2. The highest BCUT2D eigenvalue weighted by Gasteiger charge is 2.28. The minimum Gasteiger partial charge on any atom is -0.354 e. The Morgan fingerprint density at radius 2 is 1.69 bits per heavy atom. The number of hydrogen-bond acceptors (Lipinski definition) is 2. The first-order chi connectivity index (χ1) is 14.0. The molecule has 156 valence electrons. The van der Waals surface area contributed by atoms with Crippen molar-refractivity contribution in [3.63, 3.8) is 0 Å². The van der Waals surface area contributed by atoms with Gasteiger partial charge >= 0.3 is 0 Å². The van der Waals surface area contributed by atoms with E-state index in [0.29, 0.717) is 32.4 Å². The van der Waals surface area contributed by atoms with Gasteiger partial charge in [-0.15, -0.1) is 0 Å². The zero-order valence-electron chi connectivity index (χ0n) is 18.2. The number of nitrogens with zero attached hydrogens (tertiary/aromatic N) is 1. The third kappa shape index (κ3) is 6.74. The van der Waals surface area contributed by atoms with E-state index < -0.39 is 6.04 Å². The van der Waals surface area contributed by atoms with Crippen LogP contribution in [-0.4, -0.2) is 29.3 Å². The topological polar surface area (TPSA) is 49.4 Å². The number of aryl methyl sites for hydroxylation is 3. The molecule has 0 spiro atoms. The lowest BCUT2D eigenvalue weighted by Crippen LogP contribution is -2.49.